The Labute approximate surface area is 119 Å². The molecular formula is C17H21NO2. The maximum atomic E-state index is 12.8. The quantitative estimate of drug-likeness (QED) is 0.771. The van der Waals surface area contributed by atoms with Crippen molar-refractivity contribution in [3.8, 4) is 0 Å². The fourth-order valence-electron chi connectivity index (χ4n) is 3.89. The molecule has 0 saturated carbocycles. The van der Waals surface area contributed by atoms with Crippen molar-refractivity contribution in [2.45, 2.75) is 37.8 Å². The molecule has 0 amide bonds. The number of Topliss-reactive ketones (excluding diaryl/α,β-unsaturated/α-hetero) is 1. The number of likely N-dealkylation sites (N-methyl/N-ethyl adjacent to an activating group) is 1. The van der Waals surface area contributed by atoms with Crippen LogP contribution >= 0.6 is 0 Å². The van der Waals surface area contributed by atoms with E-state index in [1.165, 1.54) is 17.5 Å². The van der Waals surface area contributed by atoms with Crippen molar-refractivity contribution in [3.05, 3.63) is 34.9 Å². The lowest BCUT2D eigenvalue weighted by atomic mass is 9.79. The van der Waals surface area contributed by atoms with E-state index in [-0.39, 0.29) is 5.92 Å². The van der Waals surface area contributed by atoms with E-state index >= 15 is 0 Å². The van der Waals surface area contributed by atoms with Crippen LogP contribution in [-0.2, 0) is 17.6 Å². The van der Waals surface area contributed by atoms with Crippen LogP contribution in [0.3, 0.4) is 0 Å². The van der Waals surface area contributed by atoms with Gasteiger partial charge in [0, 0.05) is 23.6 Å². The van der Waals surface area contributed by atoms with Crippen LogP contribution in [0.15, 0.2) is 18.2 Å². The Morgan fingerprint density at radius 1 is 1.15 bits per heavy atom. The van der Waals surface area contributed by atoms with Crippen molar-refractivity contribution in [1.82, 2.24) is 4.90 Å². The van der Waals surface area contributed by atoms with Gasteiger partial charge in [0.2, 0.25) is 0 Å². The molecule has 2 unspecified atom stereocenters. The predicted octanol–water partition coefficient (Wildman–Crippen LogP) is 2.08. The molecule has 0 spiro atoms. The molecule has 0 radical (unpaired) electrons. The molecule has 4 rings (SSSR count). The molecule has 1 aromatic carbocycles. The molecule has 2 atom stereocenters. The summed E-state index contributed by atoms with van der Waals surface area (Å²) in [5, 5.41) is 0. The zero-order chi connectivity index (χ0) is 13.7. The Morgan fingerprint density at radius 2 is 1.85 bits per heavy atom. The van der Waals surface area contributed by atoms with Crippen LogP contribution in [0, 0.1) is 5.92 Å². The van der Waals surface area contributed by atoms with Crippen LogP contribution < -0.4 is 0 Å². The first kappa shape index (κ1) is 12.5. The van der Waals surface area contributed by atoms with Gasteiger partial charge in [-0.25, -0.2) is 0 Å². The Bertz CT molecular complexity index is 540. The van der Waals surface area contributed by atoms with Gasteiger partial charge >= 0.3 is 0 Å². The Morgan fingerprint density at radius 3 is 2.45 bits per heavy atom. The number of ether oxygens (including phenoxy) is 1. The number of morpholine rings is 1. The molecule has 2 fully saturated rings. The highest BCUT2D eigenvalue weighted by atomic mass is 16.5. The third kappa shape index (κ3) is 1.92. The molecule has 0 N–H and O–H groups in total. The highest BCUT2D eigenvalue weighted by molar-refractivity contribution is 5.98. The summed E-state index contributed by atoms with van der Waals surface area (Å²) in [6.45, 7) is 1.56. The number of hydrogen-bond acceptors (Lipinski definition) is 3. The monoisotopic (exact) mass is 271 g/mol. The van der Waals surface area contributed by atoms with E-state index < -0.39 is 0 Å². The molecule has 3 nitrogen and oxygen atoms in total. The summed E-state index contributed by atoms with van der Waals surface area (Å²) in [5.74, 6) is 0.535. The van der Waals surface area contributed by atoms with Crippen LogP contribution in [0.2, 0.25) is 0 Å². The Hall–Kier alpha value is -1.19. The average Bonchev–Trinajstić information content (AvgIpc) is 2.39. The first-order valence-electron chi connectivity index (χ1n) is 7.68. The summed E-state index contributed by atoms with van der Waals surface area (Å²) in [6, 6.07) is 7.15. The number of rotatable bonds is 2. The molecule has 20 heavy (non-hydrogen) atoms. The number of ketones is 1. The highest BCUT2D eigenvalue weighted by Crippen LogP contribution is 2.33. The number of piperidine rings is 1. The number of benzene rings is 1. The van der Waals surface area contributed by atoms with Gasteiger partial charge in [-0.1, -0.05) is 12.1 Å². The van der Waals surface area contributed by atoms with E-state index in [0.717, 1.165) is 38.0 Å². The van der Waals surface area contributed by atoms with Crippen LogP contribution in [0.25, 0.3) is 0 Å². The molecule has 2 aliphatic heterocycles. The van der Waals surface area contributed by atoms with E-state index in [2.05, 4.69) is 24.1 Å². The van der Waals surface area contributed by atoms with E-state index in [9.17, 15) is 4.79 Å². The van der Waals surface area contributed by atoms with Crippen molar-refractivity contribution >= 4 is 5.78 Å². The second-order valence-electron chi connectivity index (χ2n) is 6.53. The third-order valence-corrected chi connectivity index (χ3v) is 5.41. The molecule has 3 heteroatoms. The van der Waals surface area contributed by atoms with E-state index in [4.69, 9.17) is 4.74 Å². The lowest BCUT2D eigenvalue weighted by molar-refractivity contribution is -0.0702. The Balaban J connectivity index is 1.55. The minimum Gasteiger partial charge on any atom is -0.378 e. The summed E-state index contributed by atoms with van der Waals surface area (Å²) in [6.07, 6.45) is 4.22. The van der Waals surface area contributed by atoms with Gasteiger partial charge in [-0.2, -0.15) is 0 Å². The zero-order valence-corrected chi connectivity index (χ0v) is 12.0. The van der Waals surface area contributed by atoms with Crippen LogP contribution in [0.1, 0.15) is 34.3 Å². The second kappa shape index (κ2) is 4.68. The van der Waals surface area contributed by atoms with Gasteiger partial charge < -0.3 is 4.74 Å². The summed E-state index contributed by atoms with van der Waals surface area (Å²) >= 11 is 0. The first-order valence-corrected chi connectivity index (χ1v) is 7.68. The SMILES string of the molecule is CN1C2COCC1CC(C(=O)c1ccc3c(c1)CC3)C2. The standard InChI is InChI=1S/C17H21NO2/c1-18-15-7-14(8-16(18)10-20-9-15)17(19)13-5-3-11-2-4-12(11)6-13/h3,5-6,14-16H,2,4,7-10H2,1H3. The van der Waals surface area contributed by atoms with Gasteiger partial charge in [0.25, 0.3) is 0 Å². The van der Waals surface area contributed by atoms with Crippen LogP contribution in [-0.4, -0.2) is 43.0 Å². The second-order valence-corrected chi connectivity index (χ2v) is 6.53. The topological polar surface area (TPSA) is 29.5 Å². The predicted molar refractivity (Wildman–Crippen MR) is 77.1 cm³/mol. The largest absolute Gasteiger partial charge is 0.378 e. The summed E-state index contributed by atoms with van der Waals surface area (Å²) in [4.78, 5) is 15.2. The fraction of sp³-hybridized carbons (Fsp3) is 0.588. The maximum Gasteiger partial charge on any atom is 0.166 e. The number of aryl methyl sites for hydroxylation is 2. The van der Waals surface area contributed by atoms with Gasteiger partial charge in [-0.15, -0.1) is 0 Å². The van der Waals surface area contributed by atoms with Gasteiger partial charge in [0.15, 0.2) is 5.78 Å². The molecule has 1 aromatic rings. The normalized spacial score (nSPS) is 32.4. The molecular weight excluding hydrogens is 250 g/mol. The molecule has 1 aliphatic carbocycles. The fourth-order valence-corrected chi connectivity index (χ4v) is 3.89. The van der Waals surface area contributed by atoms with Crippen molar-refractivity contribution in [3.63, 3.8) is 0 Å². The minimum atomic E-state index is 0.184. The Kier molecular flexibility index (Phi) is 2.93. The van der Waals surface area contributed by atoms with Crippen molar-refractivity contribution in [2.75, 3.05) is 20.3 Å². The lowest BCUT2D eigenvalue weighted by Gasteiger charge is -2.46. The number of hydrogen-bond donors (Lipinski definition) is 0. The molecule has 0 aromatic heterocycles. The molecule has 2 saturated heterocycles. The molecule has 2 heterocycles. The molecule has 106 valence electrons. The van der Waals surface area contributed by atoms with Crippen LogP contribution in [0.5, 0.6) is 0 Å². The van der Waals surface area contributed by atoms with Gasteiger partial charge in [0.1, 0.15) is 0 Å². The van der Waals surface area contributed by atoms with Crippen molar-refractivity contribution < 1.29 is 9.53 Å². The highest BCUT2D eigenvalue weighted by Gasteiger charge is 2.39. The molecule has 2 bridgehead atoms. The average molecular weight is 271 g/mol. The number of fused-ring (bicyclic) bond motifs is 3. The number of nitrogens with zero attached hydrogens (tertiary/aromatic N) is 1. The maximum absolute atomic E-state index is 12.8. The van der Waals surface area contributed by atoms with Crippen molar-refractivity contribution in [1.29, 1.82) is 0 Å². The van der Waals surface area contributed by atoms with Gasteiger partial charge in [-0.05, 0) is 49.9 Å². The summed E-state index contributed by atoms with van der Waals surface area (Å²) in [5.41, 5.74) is 3.74. The van der Waals surface area contributed by atoms with E-state index in [1.807, 2.05) is 6.07 Å². The summed E-state index contributed by atoms with van der Waals surface area (Å²) in [7, 11) is 2.17. The van der Waals surface area contributed by atoms with Gasteiger partial charge in [-0.3, -0.25) is 9.69 Å². The number of carbonyl (C=O) groups excluding carboxylic acids is 1. The third-order valence-electron chi connectivity index (χ3n) is 5.41. The van der Waals surface area contributed by atoms with Gasteiger partial charge in [0.05, 0.1) is 13.2 Å². The summed E-state index contributed by atoms with van der Waals surface area (Å²) < 4.78 is 5.63. The first-order chi connectivity index (χ1) is 9.72. The minimum absolute atomic E-state index is 0.184. The lowest BCUT2D eigenvalue weighted by Crippen LogP contribution is -2.55. The molecule has 3 aliphatic rings. The zero-order valence-electron chi connectivity index (χ0n) is 12.0. The van der Waals surface area contributed by atoms with E-state index in [0.29, 0.717) is 17.9 Å². The smallest absolute Gasteiger partial charge is 0.166 e. The van der Waals surface area contributed by atoms with Crippen LogP contribution in [0.4, 0.5) is 0 Å². The van der Waals surface area contributed by atoms with E-state index in [1.54, 1.807) is 0 Å². The van der Waals surface area contributed by atoms with Crippen molar-refractivity contribution in [2.24, 2.45) is 5.92 Å². The number of carbonyl (C=O) groups is 1.